The molecule has 1 N–H and O–H groups in total. The molecule has 0 radical (unpaired) electrons. The molecule has 3 heteroatoms. The molecule has 72 valence electrons. The number of hydrogen-bond acceptors (Lipinski definition) is 3. The SMILES string of the molecule is CCOCC(O)c1ccncc1C. The molecule has 13 heavy (non-hydrogen) atoms. The number of hydrogen-bond donors (Lipinski definition) is 1. The summed E-state index contributed by atoms with van der Waals surface area (Å²) in [7, 11) is 0. The molecular weight excluding hydrogens is 166 g/mol. The predicted molar refractivity (Wildman–Crippen MR) is 50.4 cm³/mol. The van der Waals surface area contributed by atoms with Crippen LogP contribution in [0, 0.1) is 6.92 Å². The van der Waals surface area contributed by atoms with E-state index in [0.717, 1.165) is 11.1 Å². The third-order valence-electron chi connectivity index (χ3n) is 1.90. The molecule has 1 unspecified atom stereocenters. The van der Waals surface area contributed by atoms with Crippen molar-refractivity contribution in [1.29, 1.82) is 0 Å². The molecule has 1 rings (SSSR count). The first-order valence-corrected chi connectivity index (χ1v) is 4.42. The molecule has 0 aromatic carbocycles. The highest BCUT2D eigenvalue weighted by molar-refractivity contribution is 5.23. The minimum atomic E-state index is -0.539. The van der Waals surface area contributed by atoms with Crippen molar-refractivity contribution in [3.63, 3.8) is 0 Å². The average molecular weight is 181 g/mol. The summed E-state index contributed by atoms with van der Waals surface area (Å²) in [5.74, 6) is 0. The molecule has 1 aromatic rings. The van der Waals surface area contributed by atoms with Crippen molar-refractivity contribution >= 4 is 0 Å². The Morgan fingerprint density at radius 2 is 2.38 bits per heavy atom. The van der Waals surface area contributed by atoms with Crippen molar-refractivity contribution < 1.29 is 9.84 Å². The molecule has 1 aromatic heterocycles. The fourth-order valence-corrected chi connectivity index (χ4v) is 1.18. The maximum atomic E-state index is 9.68. The van der Waals surface area contributed by atoms with Gasteiger partial charge in [0.15, 0.2) is 0 Å². The Morgan fingerprint density at radius 1 is 1.62 bits per heavy atom. The molecule has 0 fully saturated rings. The van der Waals surface area contributed by atoms with Gasteiger partial charge in [0.2, 0.25) is 0 Å². The topological polar surface area (TPSA) is 42.4 Å². The zero-order valence-corrected chi connectivity index (χ0v) is 8.03. The van der Waals surface area contributed by atoms with Gasteiger partial charge in [0.1, 0.15) is 6.10 Å². The van der Waals surface area contributed by atoms with Gasteiger partial charge in [-0.3, -0.25) is 4.98 Å². The quantitative estimate of drug-likeness (QED) is 0.764. The van der Waals surface area contributed by atoms with Crippen LogP contribution >= 0.6 is 0 Å². The smallest absolute Gasteiger partial charge is 0.103 e. The lowest BCUT2D eigenvalue weighted by Crippen LogP contribution is -2.08. The number of aliphatic hydroxyl groups is 1. The Morgan fingerprint density at radius 3 is 3.00 bits per heavy atom. The zero-order valence-electron chi connectivity index (χ0n) is 8.03. The van der Waals surface area contributed by atoms with Crippen LogP contribution < -0.4 is 0 Å². The summed E-state index contributed by atoms with van der Waals surface area (Å²) in [4.78, 5) is 3.96. The lowest BCUT2D eigenvalue weighted by molar-refractivity contribution is 0.0416. The summed E-state index contributed by atoms with van der Waals surface area (Å²) >= 11 is 0. The molecule has 3 nitrogen and oxygen atoms in total. The average Bonchev–Trinajstić information content (AvgIpc) is 2.15. The first-order chi connectivity index (χ1) is 6.25. The Hall–Kier alpha value is -0.930. The monoisotopic (exact) mass is 181 g/mol. The van der Waals surface area contributed by atoms with Gasteiger partial charge < -0.3 is 9.84 Å². The van der Waals surface area contributed by atoms with Crippen LogP contribution in [0.15, 0.2) is 18.5 Å². The Kier molecular flexibility index (Phi) is 3.86. The highest BCUT2D eigenvalue weighted by Crippen LogP contribution is 2.15. The van der Waals surface area contributed by atoms with Crippen LogP contribution in [0.5, 0.6) is 0 Å². The predicted octanol–water partition coefficient (Wildman–Crippen LogP) is 1.46. The lowest BCUT2D eigenvalue weighted by atomic mass is 10.1. The molecule has 0 aliphatic carbocycles. The molecule has 0 amide bonds. The normalized spacial score (nSPS) is 12.8. The van der Waals surface area contributed by atoms with Gasteiger partial charge in [-0.1, -0.05) is 0 Å². The summed E-state index contributed by atoms with van der Waals surface area (Å²) in [5.41, 5.74) is 1.89. The van der Waals surface area contributed by atoms with Crippen molar-refractivity contribution in [3.05, 3.63) is 29.6 Å². The summed E-state index contributed by atoms with van der Waals surface area (Å²) < 4.78 is 5.13. The molecule has 0 aliphatic heterocycles. The van der Waals surface area contributed by atoms with Gasteiger partial charge in [-0.05, 0) is 31.0 Å². The van der Waals surface area contributed by atoms with E-state index in [2.05, 4.69) is 4.98 Å². The molecule has 1 heterocycles. The van der Waals surface area contributed by atoms with E-state index in [4.69, 9.17) is 4.74 Å². The first kappa shape index (κ1) is 10.2. The van der Waals surface area contributed by atoms with Crippen LogP contribution in [0.4, 0.5) is 0 Å². The third kappa shape index (κ3) is 2.79. The van der Waals surface area contributed by atoms with Gasteiger partial charge in [0.05, 0.1) is 6.61 Å². The van der Waals surface area contributed by atoms with E-state index in [1.165, 1.54) is 0 Å². The Balaban J connectivity index is 2.65. The van der Waals surface area contributed by atoms with Gasteiger partial charge in [0, 0.05) is 19.0 Å². The van der Waals surface area contributed by atoms with Crippen molar-refractivity contribution in [3.8, 4) is 0 Å². The molecular formula is C10H15NO2. The van der Waals surface area contributed by atoms with Crippen LogP contribution in [0.1, 0.15) is 24.2 Å². The number of rotatable bonds is 4. The lowest BCUT2D eigenvalue weighted by Gasteiger charge is -2.12. The van der Waals surface area contributed by atoms with Crippen LogP contribution in [0.25, 0.3) is 0 Å². The largest absolute Gasteiger partial charge is 0.386 e. The van der Waals surface area contributed by atoms with E-state index in [9.17, 15) is 5.11 Å². The van der Waals surface area contributed by atoms with E-state index in [1.54, 1.807) is 12.4 Å². The van der Waals surface area contributed by atoms with Gasteiger partial charge in [-0.25, -0.2) is 0 Å². The van der Waals surface area contributed by atoms with Crippen LogP contribution in [0.2, 0.25) is 0 Å². The van der Waals surface area contributed by atoms with E-state index in [1.807, 2.05) is 19.9 Å². The number of pyridine rings is 1. The summed E-state index contributed by atoms with van der Waals surface area (Å²) in [6, 6.07) is 1.82. The van der Waals surface area contributed by atoms with Crippen LogP contribution in [-0.2, 0) is 4.74 Å². The van der Waals surface area contributed by atoms with Crippen molar-refractivity contribution in [1.82, 2.24) is 4.98 Å². The standard InChI is InChI=1S/C10H15NO2/c1-3-13-7-10(12)9-4-5-11-6-8(9)2/h4-6,10,12H,3,7H2,1-2H3. The first-order valence-electron chi connectivity index (χ1n) is 4.42. The molecule has 0 spiro atoms. The molecule has 0 saturated carbocycles. The maximum absolute atomic E-state index is 9.68. The Bertz CT molecular complexity index is 263. The van der Waals surface area contributed by atoms with Gasteiger partial charge in [-0.2, -0.15) is 0 Å². The summed E-state index contributed by atoms with van der Waals surface area (Å²) in [6.45, 7) is 4.81. The van der Waals surface area contributed by atoms with E-state index in [-0.39, 0.29) is 0 Å². The molecule has 0 aliphatic rings. The third-order valence-corrected chi connectivity index (χ3v) is 1.90. The number of nitrogens with zero attached hydrogens (tertiary/aromatic N) is 1. The number of ether oxygens (including phenoxy) is 1. The van der Waals surface area contributed by atoms with Gasteiger partial charge in [-0.15, -0.1) is 0 Å². The van der Waals surface area contributed by atoms with Gasteiger partial charge in [0.25, 0.3) is 0 Å². The zero-order chi connectivity index (χ0) is 9.68. The van der Waals surface area contributed by atoms with Crippen molar-refractivity contribution in [2.24, 2.45) is 0 Å². The van der Waals surface area contributed by atoms with E-state index in [0.29, 0.717) is 13.2 Å². The fraction of sp³-hybridized carbons (Fsp3) is 0.500. The maximum Gasteiger partial charge on any atom is 0.103 e. The second kappa shape index (κ2) is 4.94. The van der Waals surface area contributed by atoms with Gasteiger partial charge >= 0.3 is 0 Å². The van der Waals surface area contributed by atoms with Crippen LogP contribution in [-0.4, -0.2) is 23.3 Å². The summed E-state index contributed by atoms with van der Waals surface area (Å²) in [6.07, 6.45) is 2.88. The number of aromatic nitrogens is 1. The minimum Gasteiger partial charge on any atom is -0.386 e. The van der Waals surface area contributed by atoms with Crippen molar-refractivity contribution in [2.45, 2.75) is 20.0 Å². The number of aryl methyl sites for hydroxylation is 1. The fourth-order valence-electron chi connectivity index (χ4n) is 1.18. The van der Waals surface area contributed by atoms with Crippen molar-refractivity contribution in [2.75, 3.05) is 13.2 Å². The van der Waals surface area contributed by atoms with E-state index >= 15 is 0 Å². The highest BCUT2D eigenvalue weighted by atomic mass is 16.5. The Labute approximate surface area is 78.4 Å². The minimum absolute atomic E-state index is 0.349. The summed E-state index contributed by atoms with van der Waals surface area (Å²) in [5, 5.41) is 9.68. The number of aliphatic hydroxyl groups excluding tert-OH is 1. The molecule has 1 atom stereocenters. The molecule has 0 bridgehead atoms. The van der Waals surface area contributed by atoms with Crippen LogP contribution in [0.3, 0.4) is 0 Å². The second-order valence-corrected chi connectivity index (χ2v) is 2.91. The second-order valence-electron chi connectivity index (χ2n) is 2.91. The highest BCUT2D eigenvalue weighted by Gasteiger charge is 2.09. The van der Waals surface area contributed by atoms with E-state index < -0.39 is 6.10 Å². The molecule has 0 saturated heterocycles.